The van der Waals surface area contributed by atoms with Crippen LogP contribution in [0.1, 0.15) is 24.4 Å². The Morgan fingerprint density at radius 2 is 2.18 bits per heavy atom. The summed E-state index contributed by atoms with van der Waals surface area (Å²) >= 11 is 12.3. The third-order valence-electron chi connectivity index (χ3n) is 3.00. The van der Waals surface area contributed by atoms with Gasteiger partial charge in [0.25, 0.3) is 0 Å². The molecular formula is C12H15Cl2NO2. The second kappa shape index (κ2) is 5.44. The summed E-state index contributed by atoms with van der Waals surface area (Å²) < 4.78 is 10.7. The van der Waals surface area contributed by atoms with Crippen molar-refractivity contribution in [1.29, 1.82) is 0 Å². The second-order valence-corrected chi connectivity index (χ2v) is 4.90. The van der Waals surface area contributed by atoms with Crippen molar-refractivity contribution in [2.45, 2.75) is 25.0 Å². The lowest BCUT2D eigenvalue weighted by molar-refractivity contribution is 0.0900. The first-order chi connectivity index (χ1) is 8.13. The highest BCUT2D eigenvalue weighted by molar-refractivity contribution is 6.34. The molecule has 1 aromatic carbocycles. The zero-order valence-corrected chi connectivity index (χ0v) is 11.1. The van der Waals surface area contributed by atoms with Gasteiger partial charge in [-0.2, -0.15) is 0 Å². The minimum atomic E-state index is -0.242. The number of hydrogen-bond acceptors (Lipinski definition) is 3. The maximum absolute atomic E-state index is 6.18. The predicted octanol–water partition coefficient (Wildman–Crippen LogP) is 3.18. The first-order valence-corrected chi connectivity index (χ1v) is 6.29. The molecule has 1 fully saturated rings. The molecule has 0 saturated carbocycles. The molecule has 2 atom stereocenters. The van der Waals surface area contributed by atoms with Crippen LogP contribution in [0.2, 0.25) is 10.0 Å². The van der Waals surface area contributed by atoms with Crippen molar-refractivity contribution in [2.75, 3.05) is 13.7 Å². The highest BCUT2D eigenvalue weighted by Gasteiger charge is 2.26. The van der Waals surface area contributed by atoms with Crippen molar-refractivity contribution < 1.29 is 9.47 Å². The molecule has 2 N–H and O–H groups in total. The van der Waals surface area contributed by atoms with Gasteiger partial charge in [0.1, 0.15) is 5.75 Å². The van der Waals surface area contributed by atoms with Crippen LogP contribution in [0.25, 0.3) is 0 Å². The Balaban J connectivity index is 2.28. The van der Waals surface area contributed by atoms with Gasteiger partial charge >= 0.3 is 0 Å². The zero-order chi connectivity index (χ0) is 12.4. The van der Waals surface area contributed by atoms with E-state index < -0.39 is 0 Å². The van der Waals surface area contributed by atoms with E-state index in [0.29, 0.717) is 15.8 Å². The molecular weight excluding hydrogens is 261 g/mol. The van der Waals surface area contributed by atoms with Crippen molar-refractivity contribution >= 4 is 23.2 Å². The van der Waals surface area contributed by atoms with E-state index in [-0.39, 0.29) is 12.1 Å². The molecule has 94 valence electrons. The number of rotatable bonds is 3. The van der Waals surface area contributed by atoms with Crippen molar-refractivity contribution in [3.63, 3.8) is 0 Å². The summed E-state index contributed by atoms with van der Waals surface area (Å²) in [4.78, 5) is 0. The molecule has 1 saturated heterocycles. The van der Waals surface area contributed by atoms with E-state index in [4.69, 9.17) is 38.4 Å². The summed E-state index contributed by atoms with van der Waals surface area (Å²) in [6.07, 6.45) is 2.03. The van der Waals surface area contributed by atoms with Gasteiger partial charge in [0.05, 0.1) is 24.3 Å². The maximum atomic E-state index is 6.18. The molecule has 0 amide bonds. The lowest BCUT2D eigenvalue weighted by Gasteiger charge is -2.20. The fourth-order valence-corrected chi connectivity index (χ4v) is 2.57. The normalized spacial score (nSPS) is 21.5. The molecule has 5 heteroatoms. The van der Waals surface area contributed by atoms with Gasteiger partial charge in [0.15, 0.2) is 0 Å². The van der Waals surface area contributed by atoms with E-state index >= 15 is 0 Å². The topological polar surface area (TPSA) is 44.5 Å². The van der Waals surface area contributed by atoms with Crippen LogP contribution in [-0.2, 0) is 4.74 Å². The van der Waals surface area contributed by atoms with Crippen molar-refractivity contribution in [3.05, 3.63) is 27.7 Å². The molecule has 0 bridgehead atoms. The van der Waals surface area contributed by atoms with Crippen molar-refractivity contribution in [3.8, 4) is 5.75 Å². The van der Waals surface area contributed by atoms with Gasteiger partial charge in [-0.15, -0.1) is 0 Å². The first-order valence-electron chi connectivity index (χ1n) is 5.53. The number of benzene rings is 1. The number of ether oxygens (including phenoxy) is 2. The third-order valence-corrected chi connectivity index (χ3v) is 3.62. The Kier molecular flexibility index (Phi) is 4.15. The van der Waals surface area contributed by atoms with E-state index in [0.717, 1.165) is 25.0 Å². The average Bonchev–Trinajstić information content (AvgIpc) is 2.84. The molecule has 17 heavy (non-hydrogen) atoms. The van der Waals surface area contributed by atoms with Crippen LogP contribution >= 0.6 is 23.2 Å². The molecule has 0 aliphatic carbocycles. The van der Waals surface area contributed by atoms with Gasteiger partial charge < -0.3 is 15.2 Å². The second-order valence-electron chi connectivity index (χ2n) is 4.09. The smallest absolute Gasteiger partial charge is 0.138 e. The van der Waals surface area contributed by atoms with Gasteiger partial charge in [-0.05, 0) is 24.5 Å². The van der Waals surface area contributed by atoms with Gasteiger partial charge in [-0.3, -0.25) is 0 Å². The van der Waals surface area contributed by atoms with E-state index in [1.807, 2.05) is 0 Å². The largest absolute Gasteiger partial charge is 0.495 e. The Morgan fingerprint density at radius 1 is 1.41 bits per heavy atom. The van der Waals surface area contributed by atoms with Gasteiger partial charge in [-0.1, -0.05) is 23.2 Å². The van der Waals surface area contributed by atoms with Crippen LogP contribution in [0.5, 0.6) is 5.75 Å². The quantitative estimate of drug-likeness (QED) is 0.922. The molecule has 2 unspecified atom stereocenters. The molecule has 0 spiro atoms. The van der Waals surface area contributed by atoms with Gasteiger partial charge in [-0.25, -0.2) is 0 Å². The number of nitrogens with two attached hydrogens (primary N) is 1. The first kappa shape index (κ1) is 13.0. The predicted molar refractivity (Wildman–Crippen MR) is 68.9 cm³/mol. The number of hydrogen-bond donors (Lipinski definition) is 1. The molecule has 1 aromatic rings. The zero-order valence-electron chi connectivity index (χ0n) is 9.58. The highest BCUT2D eigenvalue weighted by Crippen LogP contribution is 2.36. The van der Waals surface area contributed by atoms with E-state index in [1.165, 1.54) is 0 Å². The molecule has 0 aromatic heterocycles. The van der Waals surface area contributed by atoms with Gasteiger partial charge in [0, 0.05) is 17.7 Å². The molecule has 0 radical (unpaired) electrons. The minimum Gasteiger partial charge on any atom is -0.495 e. The summed E-state index contributed by atoms with van der Waals surface area (Å²) in [5.41, 5.74) is 6.96. The SMILES string of the molecule is COc1cc(Cl)c(C(N)C2CCCO2)cc1Cl. The van der Waals surface area contributed by atoms with Crippen LogP contribution < -0.4 is 10.5 Å². The van der Waals surface area contributed by atoms with Crippen LogP contribution in [0.15, 0.2) is 12.1 Å². The average molecular weight is 276 g/mol. The van der Waals surface area contributed by atoms with Crippen LogP contribution in [0.3, 0.4) is 0 Å². The molecule has 3 nitrogen and oxygen atoms in total. The number of methoxy groups -OCH3 is 1. The lowest BCUT2D eigenvalue weighted by Crippen LogP contribution is -2.25. The molecule has 2 rings (SSSR count). The Hall–Kier alpha value is -0.480. The fraction of sp³-hybridized carbons (Fsp3) is 0.500. The van der Waals surface area contributed by atoms with Crippen molar-refractivity contribution in [1.82, 2.24) is 0 Å². The fourth-order valence-electron chi connectivity index (χ4n) is 2.04. The maximum Gasteiger partial charge on any atom is 0.138 e. The van der Waals surface area contributed by atoms with E-state index in [9.17, 15) is 0 Å². The summed E-state index contributed by atoms with van der Waals surface area (Å²) in [5, 5.41) is 1.08. The third kappa shape index (κ3) is 2.68. The Labute approximate surface area is 111 Å². The number of halogens is 2. The van der Waals surface area contributed by atoms with E-state index in [2.05, 4.69) is 0 Å². The Bertz CT molecular complexity index is 406. The highest BCUT2D eigenvalue weighted by atomic mass is 35.5. The minimum absolute atomic E-state index is 0.0250. The summed E-state index contributed by atoms with van der Waals surface area (Å²) in [5.74, 6) is 0.556. The summed E-state index contributed by atoms with van der Waals surface area (Å²) in [6.45, 7) is 0.764. The summed E-state index contributed by atoms with van der Waals surface area (Å²) in [7, 11) is 1.55. The molecule has 1 aliphatic heterocycles. The standard InChI is InChI=1S/C12H15Cl2NO2/c1-16-11-6-8(13)7(5-9(11)14)12(15)10-3-2-4-17-10/h5-6,10,12H,2-4,15H2,1H3. The van der Waals surface area contributed by atoms with Gasteiger partial charge in [0.2, 0.25) is 0 Å². The molecule has 1 aliphatic rings. The monoisotopic (exact) mass is 275 g/mol. The van der Waals surface area contributed by atoms with Crippen LogP contribution in [-0.4, -0.2) is 19.8 Å². The van der Waals surface area contributed by atoms with Crippen LogP contribution in [0, 0.1) is 0 Å². The summed E-state index contributed by atoms with van der Waals surface area (Å²) in [6, 6.07) is 3.21. The Morgan fingerprint density at radius 3 is 2.76 bits per heavy atom. The van der Waals surface area contributed by atoms with Crippen LogP contribution in [0.4, 0.5) is 0 Å². The van der Waals surface area contributed by atoms with Crippen molar-refractivity contribution in [2.24, 2.45) is 5.73 Å². The lowest BCUT2D eigenvalue weighted by atomic mass is 10.00. The molecule has 1 heterocycles. The van der Waals surface area contributed by atoms with E-state index in [1.54, 1.807) is 19.2 Å².